The van der Waals surface area contributed by atoms with Crippen molar-refractivity contribution in [2.75, 3.05) is 14.1 Å². The Morgan fingerprint density at radius 3 is 2.47 bits per heavy atom. The smallest absolute Gasteiger partial charge is 0.128 e. The normalized spacial score (nSPS) is 14.0. The van der Waals surface area contributed by atoms with Crippen LogP contribution in [0.4, 0.5) is 0 Å². The van der Waals surface area contributed by atoms with Gasteiger partial charge < -0.3 is 4.90 Å². The van der Waals surface area contributed by atoms with E-state index in [4.69, 9.17) is 0 Å². The molecule has 1 aliphatic rings. The van der Waals surface area contributed by atoms with Crippen molar-refractivity contribution in [3.63, 3.8) is 0 Å². The van der Waals surface area contributed by atoms with Crippen molar-refractivity contribution in [3.05, 3.63) is 41.5 Å². The van der Waals surface area contributed by atoms with Gasteiger partial charge in [0.25, 0.3) is 0 Å². The van der Waals surface area contributed by atoms with Gasteiger partial charge in [0.05, 0.1) is 0 Å². The molecule has 0 unspecified atom stereocenters. The molecule has 0 atom stereocenters. The van der Waals surface area contributed by atoms with Gasteiger partial charge in [-0.1, -0.05) is 30.3 Å². The molecule has 0 spiro atoms. The Morgan fingerprint density at radius 2 is 1.87 bits per heavy atom. The molecule has 2 heteroatoms. The predicted octanol–water partition coefficient (Wildman–Crippen LogP) is 2.21. The Labute approximate surface area is 89.5 Å². The first-order valence-electron chi connectivity index (χ1n) is 4.95. The lowest BCUT2D eigenvalue weighted by atomic mass is 9.91. The third kappa shape index (κ3) is 1.60. The molecule has 0 fully saturated rings. The van der Waals surface area contributed by atoms with E-state index in [2.05, 4.69) is 11.0 Å². The van der Waals surface area contributed by atoms with Crippen LogP contribution in [0.15, 0.2) is 30.3 Å². The number of hydrogen-bond acceptors (Lipinski definition) is 2. The maximum Gasteiger partial charge on any atom is 0.128 e. The van der Waals surface area contributed by atoms with Gasteiger partial charge in [0.2, 0.25) is 0 Å². The van der Waals surface area contributed by atoms with E-state index < -0.39 is 0 Å². The van der Waals surface area contributed by atoms with Gasteiger partial charge >= 0.3 is 0 Å². The highest BCUT2D eigenvalue weighted by molar-refractivity contribution is 5.95. The molecule has 2 nitrogen and oxygen atoms in total. The second kappa shape index (κ2) is 3.76. The number of benzene rings is 1. The number of allylic oxidation sites excluding steroid dienone is 2. The van der Waals surface area contributed by atoms with Crippen LogP contribution in [0.2, 0.25) is 0 Å². The van der Waals surface area contributed by atoms with Crippen LogP contribution in [-0.4, -0.2) is 24.9 Å². The van der Waals surface area contributed by atoms with Crippen molar-refractivity contribution < 1.29 is 4.79 Å². The Hall–Kier alpha value is -1.79. The minimum Gasteiger partial charge on any atom is -0.377 e. The largest absolute Gasteiger partial charge is 0.377 e. The molecule has 0 radical (unpaired) electrons. The van der Waals surface area contributed by atoms with Gasteiger partial charge in [-0.3, -0.25) is 0 Å². The van der Waals surface area contributed by atoms with Crippen molar-refractivity contribution in [2.45, 2.75) is 6.42 Å². The molecule has 76 valence electrons. The fraction of sp³-hybridized carbons (Fsp3) is 0.231. The zero-order valence-electron chi connectivity index (χ0n) is 8.95. The minimum atomic E-state index is 0.675. The lowest BCUT2D eigenvalue weighted by molar-refractivity contribution is 0.568. The molecular formula is C13H13NO. The van der Waals surface area contributed by atoms with Gasteiger partial charge in [-0.15, -0.1) is 0 Å². The summed E-state index contributed by atoms with van der Waals surface area (Å²) in [6.45, 7) is 0. The zero-order chi connectivity index (χ0) is 10.8. The number of hydrogen-bond donors (Lipinski definition) is 0. The quantitative estimate of drug-likeness (QED) is 0.646. The highest BCUT2D eigenvalue weighted by atomic mass is 16.1. The summed E-state index contributed by atoms with van der Waals surface area (Å²) in [4.78, 5) is 12.9. The Morgan fingerprint density at radius 1 is 1.20 bits per heavy atom. The molecule has 0 saturated carbocycles. The third-order valence-electron chi connectivity index (χ3n) is 2.63. The van der Waals surface area contributed by atoms with E-state index in [0.717, 1.165) is 16.7 Å². The average molecular weight is 199 g/mol. The lowest BCUT2D eigenvalue weighted by Gasteiger charge is -2.24. The SMILES string of the molecule is CN(C)C1=CCC(=C=O)c2ccccc21. The molecule has 0 heterocycles. The first kappa shape index (κ1) is 9.75. The maximum absolute atomic E-state index is 10.8. The van der Waals surface area contributed by atoms with E-state index in [1.807, 2.05) is 44.3 Å². The Kier molecular flexibility index (Phi) is 2.44. The van der Waals surface area contributed by atoms with Crippen LogP contribution in [0, 0.1) is 0 Å². The summed E-state index contributed by atoms with van der Waals surface area (Å²) in [6.07, 6.45) is 2.75. The minimum absolute atomic E-state index is 0.675. The van der Waals surface area contributed by atoms with Gasteiger partial charge in [-0.2, -0.15) is 0 Å². The van der Waals surface area contributed by atoms with E-state index in [1.54, 1.807) is 0 Å². The summed E-state index contributed by atoms with van der Waals surface area (Å²) in [6, 6.07) is 7.96. The fourth-order valence-electron chi connectivity index (χ4n) is 1.91. The Balaban J connectivity index is 2.62. The first-order chi connectivity index (χ1) is 7.24. The summed E-state index contributed by atoms with van der Waals surface area (Å²) in [5.74, 6) is 2.02. The number of carbonyl (C=O) groups excluding carboxylic acids is 1. The van der Waals surface area contributed by atoms with Crippen LogP contribution >= 0.6 is 0 Å². The standard InChI is InChI=1S/C13H13NO/c1-14(2)13-8-7-10(9-15)11-5-3-4-6-12(11)13/h3-6,8H,7H2,1-2H3. The second-order valence-corrected chi connectivity index (χ2v) is 3.81. The predicted molar refractivity (Wildman–Crippen MR) is 61.8 cm³/mol. The van der Waals surface area contributed by atoms with Crippen LogP contribution in [0.1, 0.15) is 17.5 Å². The van der Waals surface area contributed by atoms with E-state index >= 15 is 0 Å². The van der Waals surface area contributed by atoms with Gasteiger partial charge in [0.1, 0.15) is 5.94 Å². The van der Waals surface area contributed by atoms with E-state index in [-0.39, 0.29) is 0 Å². The van der Waals surface area contributed by atoms with Crippen LogP contribution in [0.3, 0.4) is 0 Å². The van der Waals surface area contributed by atoms with Crippen LogP contribution in [0.25, 0.3) is 11.3 Å². The molecule has 1 aromatic carbocycles. The van der Waals surface area contributed by atoms with Crippen molar-refractivity contribution in [1.82, 2.24) is 4.90 Å². The van der Waals surface area contributed by atoms with Crippen LogP contribution in [0.5, 0.6) is 0 Å². The molecular weight excluding hydrogens is 186 g/mol. The van der Waals surface area contributed by atoms with Crippen molar-refractivity contribution in [3.8, 4) is 0 Å². The van der Waals surface area contributed by atoms with E-state index in [1.165, 1.54) is 5.70 Å². The van der Waals surface area contributed by atoms with Gasteiger partial charge in [-0.25, -0.2) is 4.79 Å². The summed E-state index contributed by atoms with van der Waals surface area (Å²) in [5.41, 5.74) is 4.05. The number of fused-ring (bicyclic) bond motifs is 1. The molecule has 0 N–H and O–H groups in total. The molecule has 1 aromatic rings. The summed E-state index contributed by atoms with van der Waals surface area (Å²) in [5, 5.41) is 0. The molecule has 0 bridgehead atoms. The monoisotopic (exact) mass is 199 g/mol. The molecule has 15 heavy (non-hydrogen) atoms. The number of nitrogens with zero attached hydrogens (tertiary/aromatic N) is 1. The van der Waals surface area contributed by atoms with Gasteiger partial charge in [0.15, 0.2) is 0 Å². The van der Waals surface area contributed by atoms with Crippen molar-refractivity contribution >= 4 is 17.2 Å². The highest BCUT2D eigenvalue weighted by Crippen LogP contribution is 2.32. The zero-order valence-corrected chi connectivity index (χ0v) is 8.95. The maximum atomic E-state index is 10.8. The molecule has 0 aromatic heterocycles. The summed E-state index contributed by atoms with van der Waals surface area (Å²) in [7, 11) is 4.02. The molecule has 1 aliphatic carbocycles. The van der Waals surface area contributed by atoms with Crippen molar-refractivity contribution in [2.24, 2.45) is 0 Å². The highest BCUT2D eigenvalue weighted by Gasteiger charge is 2.17. The van der Waals surface area contributed by atoms with E-state index in [9.17, 15) is 4.79 Å². The average Bonchev–Trinajstić information content (AvgIpc) is 2.27. The number of rotatable bonds is 1. The molecule has 2 rings (SSSR count). The van der Waals surface area contributed by atoms with Crippen LogP contribution in [-0.2, 0) is 4.79 Å². The molecule has 0 amide bonds. The lowest BCUT2D eigenvalue weighted by Crippen LogP contribution is -2.14. The van der Waals surface area contributed by atoms with Crippen LogP contribution < -0.4 is 0 Å². The first-order valence-corrected chi connectivity index (χ1v) is 4.95. The fourth-order valence-corrected chi connectivity index (χ4v) is 1.91. The Bertz CT molecular complexity index is 465. The third-order valence-corrected chi connectivity index (χ3v) is 2.63. The topological polar surface area (TPSA) is 20.3 Å². The second-order valence-electron chi connectivity index (χ2n) is 3.81. The summed E-state index contributed by atoms with van der Waals surface area (Å²) >= 11 is 0. The molecule has 0 saturated heterocycles. The van der Waals surface area contributed by atoms with Gasteiger partial charge in [0, 0.05) is 37.3 Å². The van der Waals surface area contributed by atoms with Crippen molar-refractivity contribution in [1.29, 1.82) is 0 Å². The summed E-state index contributed by atoms with van der Waals surface area (Å²) < 4.78 is 0. The molecule has 0 aliphatic heterocycles. The van der Waals surface area contributed by atoms with E-state index in [0.29, 0.717) is 6.42 Å². The van der Waals surface area contributed by atoms with Gasteiger partial charge in [-0.05, 0) is 5.56 Å².